The van der Waals surface area contributed by atoms with E-state index in [0.29, 0.717) is 13.2 Å². The van der Waals surface area contributed by atoms with Gasteiger partial charge in [-0.15, -0.1) is 11.8 Å². The van der Waals surface area contributed by atoms with Crippen molar-refractivity contribution in [2.45, 2.75) is 31.7 Å². The van der Waals surface area contributed by atoms with E-state index in [-0.39, 0.29) is 17.9 Å². The Hall–Kier alpha value is -2.14. The van der Waals surface area contributed by atoms with E-state index in [1.807, 2.05) is 49.6 Å². The van der Waals surface area contributed by atoms with Crippen LogP contribution in [0.25, 0.3) is 0 Å². The molecule has 1 N–H and O–H groups in total. The van der Waals surface area contributed by atoms with E-state index >= 15 is 0 Å². The van der Waals surface area contributed by atoms with Crippen LogP contribution < -0.4 is 14.8 Å². The van der Waals surface area contributed by atoms with Crippen LogP contribution in [-0.4, -0.2) is 25.4 Å². The van der Waals surface area contributed by atoms with Crippen LogP contribution in [0.3, 0.4) is 0 Å². The minimum Gasteiger partial charge on any atom is -0.486 e. The Morgan fingerprint density at radius 3 is 2.50 bits per heavy atom. The third-order valence-corrected chi connectivity index (χ3v) is 5.29. The van der Waals surface area contributed by atoms with Gasteiger partial charge in [-0.25, -0.2) is 0 Å². The molecule has 0 bridgehead atoms. The number of nitrogens with one attached hydrogen (secondary N) is 1. The van der Waals surface area contributed by atoms with Gasteiger partial charge in [-0.1, -0.05) is 26.0 Å². The van der Waals surface area contributed by atoms with E-state index in [9.17, 15) is 4.79 Å². The maximum Gasteiger partial charge on any atom is 0.252 e. The predicted octanol–water partition coefficient (Wildman–Crippen LogP) is 4.62. The molecule has 0 aromatic heterocycles. The molecule has 0 saturated heterocycles. The summed E-state index contributed by atoms with van der Waals surface area (Å²) in [6.07, 6.45) is 2.01. The number of carbonyl (C=O) groups excluding carboxylic acids is 1. The third kappa shape index (κ3) is 3.98. The van der Waals surface area contributed by atoms with E-state index in [0.717, 1.165) is 33.1 Å². The highest BCUT2D eigenvalue weighted by molar-refractivity contribution is 7.98. The fraction of sp³-hybridized carbons (Fsp3) is 0.381. The van der Waals surface area contributed by atoms with Crippen LogP contribution in [0.4, 0.5) is 0 Å². The summed E-state index contributed by atoms with van der Waals surface area (Å²) in [4.78, 5) is 14.0. The van der Waals surface area contributed by atoms with Gasteiger partial charge in [0.05, 0.1) is 6.04 Å². The first-order valence-corrected chi connectivity index (χ1v) is 10.1. The number of ether oxygens (including phenoxy) is 2. The molecule has 2 aromatic carbocycles. The van der Waals surface area contributed by atoms with Crippen LogP contribution in [0, 0.1) is 12.8 Å². The Balaban J connectivity index is 1.86. The Kier molecular flexibility index (Phi) is 5.77. The van der Waals surface area contributed by atoms with Gasteiger partial charge in [-0.05, 0) is 54.5 Å². The second kappa shape index (κ2) is 8.04. The van der Waals surface area contributed by atoms with Gasteiger partial charge in [0.15, 0.2) is 11.5 Å². The average Bonchev–Trinajstić information content (AvgIpc) is 2.65. The smallest absolute Gasteiger partial charge is 0.252 e. The number of aryl methyl sites for hydroxylation is 1. The van der Waals surface area contributed by atoms with Gasteiger partial charge < -0.3 is 14.8 Å². The summed E-state index contributed by atoms with van der Waals surface area (Å²) in [5.74, 6) is 1.70. The molecule has 0 saturated carbocycles. The van der Waals surface area contributed by atoms with Crippen molar-refractivity contribution in [2.75, 3.05) is 19.5 Å². The Morgan fingerprint density at radius 2 is 1.81 bits per heavy atom. The third-order valence-electron chi connectivity index (χ3n) is 4.57. The normalized spacial score (nSPS) is 14.2. The molecular formula is C21H25NO3S. The van der Waals surface area contributed by atoms with E-state index in [1.165, 1.54) is 0 Å². The number of hydrogen-bond acceptors (Lipinski definition) is 4. The molecule has 2 aromatic rings. The number of benzene rings is 2. The van der Waals surface area contributed by atoms with Crippen molar-refractivity contribution in [3.8, 4) is 11.5 Å². The molecule has 0 aliphatic carbocycles. The van der Waals surface area contributed by atoms with Crippen LogP contribution in [0.2, 0.25) is 0 Å². The molecule has 138 valence electrons. The summed E-state index contributed by atoms with van der Waals surface area (Å²) in [6.45, 7) is 7.30. The standard InChI is InChI=1S/C21H25NO3S/c1-13(2)20(15-6-8-18-19(11-15)25-10-9-24-18)22-21(23)17-12-16(26-4)7-5-14(17)3/h5-8,11-13,20H,9-10H2,1-4H3,(H,22,23). The lowest BCUT2D eigenvalue weighted by atomic mass is 9.95. The summed E-state index contributed by atoms with van der Waals surface area (Å²) in [6, 6.07) is 11.8. The van der Waals surface area contributed by atoms with Crippen molar-refractivity contribution in [1.29, 1.82) is 0 Å². The minimum absolute atomic E-state index is 0.0491. The summed E-state index contributed by atoms with van der Waals surface area (Å²) in [7, 11) is 0. The maximum absolute atomic E-state index is 12.9. The molecule has 4 nitrogen and oxygen atoms in total. The van der Waals surface area contributed by atoms with E-state index in [4.69, 9.17) is 9.47 Å². The molecular weight excluding hydrogens is 346 g/mol. The van der Waals surface area contributed by atoms with Crippen LogP contribution >= 0.6 is 11.8 Å². The molecule has 0 fully saturated rings. The second-order valence-electron chi connectivity index (χ2n) is 6.78. The number of carbonyl (C=O) groups is 1. The quantitative estimate of drug-likeness (QED) is 0.780. The van der Waals surface area contributed by atoms with Crippen LogP contribution in [0.15, 0.2) is 41.3 Å². The van der Waals surface area contributed by atoms with Gasteiger partial charge in [0, 0.05) is 10.5 Å². The second-order valence-corrected chi connectivity index (χ2v) is 7.66. The lowest BCUT2D eigenvalue weighted by molar-refractivity contribution is 0.0924. The molecule has 1 aliphatic rings. The molecule has 1 amide bonds. The number of fused-ring (bicyclic) bond motifs is 1. The monoisotopic (exact) mass is 371 g/mol. The minimum atomic E-state index is -0.101. The van der Waals surface area contributed by atoms with E-state index < -0.39 is 0 Å². The van der Waals surface area contributed by atoms with Gasteiger partial charge >= 0.3 is 0 Å². The number of amides is 1. The van der Waals surface area contributed by atoms with Crippen molar-refractivity contribution in [1.82, 2.24) is 5.32 Å². The van der Waals surface area contributed by atoms with E-state index in [2.05, 4.69) is 19.2 Å². The molecule has 3 rings (SSSR count). The van der Waals surface area contributed by atoms with Gasteiger partial charge in [0.25, 0.3) is 5.91 Å². The maximum atomic E-state index is 12.9. The molecule has 5 heteroatoms. The van der Waals surface area contributed by atoms with E-state index in [1.54, 1.807) is 11.8 Å². The topological polar surface area (TPSA) is 47.6 Å². The van der Waals surface area contributed by atoms with Gasteiger partial charge in [0.1, 0.15) is 13.2 Å². The van der Waals surface area contributed by atoms with Crippen LogP contribution in [0.1, 0.15) is 41.4 Å². The Morgan fingerprint density at radius 1 is 1.08 bits per heavy atom. The van der Waals surface area contributed by atoms with Crippen molar-refractivity contribution < 1.29 is 14.3 Å². The van der Waals surface area contributed by atoms with Gasteiger partial charge in [-0.2, -0.15) is 0 Å². The zero-order chi connectivity index (χ0) is 18.7. The van der Waals surface area contributed by atoms with Crippen molar-refractivity contribution in [2.24, 2.45) is 5.92 Å². The summed E-state index contributed by atoms with van der Waals surface area (Å²) >= 11 is 1.64. The first-order valence-electron chi connectivity index (χ1n) is 8.84. The lowest BCUT2D eigenvalue weighted by Crippen LogP contribution is -2.32. The summed E-state index contributed by atoms with van der Waals surface area (Å²) < 4.78 is 11.3. The lowest BCUT2D eigenvalue weighted by Gasteiger charge is -2.26. The van der Waals surface area contributed by atoms with Crippen LogP contribution in [-0.2, 0) is 0 Å². The highest BCUT2D eigenvalue weighted by Gasteiger charge is 2.22. The zero-order valence-corrected chi connectivity index (χ0v) is 16.5. The molecule has 1 unspecified atom stereocenters. The molecule has 1 atom stereocenters. The number of rotatable bonds is 5. The fourth-order valence-corrected chi connectivity index (χ4v) is 3.52. The predicted molar refractivity (Wildman–Crippen MR) is 105 cm³/mol. The van der Waals surface area contributed by atoms with Crippen molar-refractivity contribution in [3.05, 3.63) is 53.1 Å². The SMILES string of the molecule is CSc1ccc(C)c(C(=O)NC(c2ccc3c(c2)OCCO3)C(C)C)c1. The number of thioether (sulfide) groups is 1. The zero-order valence-electron chi connectivity index (χ0n) is 15.7. The Labute approximate surface area is 159 Å². The molecule has 26 heavy (non-hydrogen) atoms. The molecule has 1 heterocycles. The van der Waals surface area contributed by atoms with Crippen LogP contribution in [0.5, 0.6) is 11.5 Å². The average molecular weight is 372 g/mol. The first-order chi connectivity index (χ1) is 12.5. The highest BCUT2D eigenvalue weighted by atomic mass is 32.2. The fourth-order valence-electron chi connectivity index (χ4n) is 3.08. The number of hydrogen-bond donors (Lipinski definition) is 1. The summed E-state index contributed by atoms with van der Waals surface area (Å²) in [5, 5.41) is 3.20. The van der Waals surface area contributed by atoms with Gasteiger partial charge in [0.2, 0.25) is 0 Å². The van der Waals surface area contributed by atoms with Crippen molar-refractivity contribution >= 4 is 17.7 Å². The largest absolute Gasteiger partial charge is 0.486 e. The molecule has 1 aliphatic heterocycles. The molecule has 0 radical (unpaired) electrons. The Bertz CT molecular complexity index is 804. The first kappa shape index (κ1) is 18.6. The molecule has 0 spiro atoms. The van der Waals surface area contributed by atoms with Gasteiger partial charge in [-0.3, -0.25) is 4.79 Å². The highest BCUT2D eigenvalue weighted by Crippen LogP contribution is 2.34. The van der Waals surface area contributed by atoms with Crippen molar-refractivity contribution in [3.63, 3.8) is 0 Å². The summed E-state index contributed by atoms with van der Waals surface area (Å²) in [5.41, 5.74) is 2.72.